The van der Waals surface area contributed by atoms with E-state index in [1.54, 1.807) is 47.2 Å². The molecule has 24 heavy (non-hydrogen) atoms. The third-order valence-corrected chi connectivity index (χ3v) is 3.68. The van der Waals surface area contributed by atoms with Crippen molar-refractivity contribution < 1.29 is 14.5 Å². The van der Waals surface area contributed by atoms with Gasteiger partial charge < -0.3 is 14.6 Å². The summed E-state index contributed by atoms with van der Waals surface area (Å²) in [5, 5.41) is 14.4. The number of nitro groups is 1. The molecule has 1 aromatic heterocycles. The minimum atomic E-state index is -0.429. The summed E-state index contributed by atoms with van der Waals surface area (Å²) in [7, 11) is 1.53. The predicted octanol–water partition coefficient (Wildman–Crippen LogP) is 3.20. The second-order valence-corrected chi connectivity index (χ2v) is 5.16. The van der Waals surface area contributed by atoms with Gasteiger partial charge in [0.2, 0.25) is 5.91 Å². The largest absolute Gasteiger partial charge is 0.495 e. The van der Waals surface area contributed by atoms with Crippen molar-refractivity contribution in [1.29, 1.82) is 0 Å². The highest BCUT2D eigenvalue weighted by molar-refractivity contribution is 5.94. The van der Waals surface area contributed by atoms with E-state index in [2.05, 4.69) is 5.32 Å². The first-order chi connectivity index (χ1) is 11.6. The second-order valence-electron chi connectivity index (χ2n) is 5.16. The molecule has 3 rings (SSSR count). The van der Waals surface area contributed by atoms with E-state index in [0.717, 1.165) is 0 Å². The third-order valence-electron chi connectivity index (χ3n) is 3.68. The molecule has 0 atom stereocenters. The SMILES string of the molecule is COc1ccccc1NC(=O)Cn1ccc2c([N+](=O)[O-])cccc21. The van der Waals surface area contributed by atoms with Crippen LogP contribution >= 0.6 is 0 Å². The molecule has 0 aliphatic rings. The number of hydrogen-bond donors (Lipinski definition) is 1. The summed E-state index contributed by atoms with van der Waals surface area (Å²) in [6.45, 7) is 0.0444. The van der Waals surface area contributed by atoms with Crippen molar-refractivity contribution in [3.63, 3.8) is 0 Å². The van der Waals surface area contributed by atoms with Crippen LogP contribution in [0.2, 0.25) is 0 Å². The number of hydrogen-bond acceptors (Lipinski definition) is 4. The Morgan fingerprint density at radius 1 is 1.21 bits per heavy atom. The summed E-state index contributed by atoms with van der Waals surface area (Å²) in [6, 6.07) is 13.6. The van der Waals surface area contributed by atoms with Crippen LogP contribution in [-0.4, -0.2) is 22.5 Å². The molecule has 0 spiro atoms. The molecule has 7 heteroatoms. The number of aromatic nitrogens is 1. The number of amides is 1. The molecule has 1 amide bonds. The highest BCUT2D eigenvalue weighted by Gasteiger charge is 2.15. The maximum absolute atomic E-state index is 12.3. The van der Waals surface area contributed by atoms with E-state index in [4.69, 9.17) is 4.74 Å². The molecule has 1 heterocycles. The van der Waals surface area contributed by atoms with Gasteiger partial charge in [0.25, 0.3) is 5.69 Å². The van der Waals surface area contributed by atoms with Crippen LogP contribution in [0.25, 0.3) is 10.9 Å². The number of ether oxygens (including phenoxy) is 1. The molecule has 0 saturated heterocycles. The molecule has 7 nitrogen and oxygen atoms in total. The Hall–Kier alpha value is -3.35. The Bertz CT molecular complexity index is 917. The van der Waals surface area contributed by atoms with E-state index in [0.29, 0.717) is 22.3 Å². The number of nitrogens with one attached hydrogen (secondary N) is 1. The van der Waals surface area contributed by atoms with Crippen LogP contribution in [0.3, 0.4) is 0 Å². The lowest BCUT2D eigenvalue weighted by molar-refractivity contribution is -0.383. The Morgan fingerprint density at radius 3 is 2.75 bits per heavy atom. The lowest BCUT2D eigenvalue weighted by Gasteiger charge is -2.10. The summed E-state index contributed by atoms with van der Waals surface area (Å²) in [5.41, 5.74) is 1.24. The lowest BCUT2D eigenvalue weighted by atomic mass is 10.2. The van der Waals surface area contributed by atoms with Crippen molar-refractivity contribution in [1.82, 2.24) is 4.57 Å². The van der Waals surface area contributed by atoms with Gasteiger partial charge in [0.1, 0.15) is 12.3 Å². The first-order valence-corrected chi connectivity index (χ1v) is 7.25. The standard InChI is InChI=1S/C17H15N3O4/c1-24-16-8-3-2-5-13(16)18-17(21)11-19-10-9-12-14(19)6-4-7-15(12)20(22)23/h2-10H,11H2,1H3,(H,18,21). The molecular weight excluding hydrogens is 310 g/mol. The summed E-state index contributed by atoms with van der Waals surface area (Å²) >= 11 is 0. The van der Waals surface area contributed by atoms with E-state index in [-0.39, 0.29) is 18.1 Å². The Balaban J connectivity index is 1.84. The Morgan fingerprint density at radius 2 is 2.00 bits per heavy atom. The highest BCUT2D eigenvalue weighted by Crippen LogP contribution is 2.27. The molecule has 0 fully saturated rings. The number of methoxy groups -OCH3 is 1. The Kier molecular flexibility index (Phi) is 4.15. The molecule has 1 N–H and O–H groups in total. The fourth-order valence-corrected chi connectivity index (χ4v) is 2.60. The fraction of sp³-hybridized carbons (Fsp3) is 0.118. The molecule has 0 saturated carbocycles. The van der Waals surface area contributed by atoms with Crippen LogP contribution in [0.4, 0.5) is 11.4 Å². The van der Waals surface area contributed by atoms with Crippen molar-refractivity contribution in [2.45, 2.75) is 6.54 Å². The molecule has 2 aromatic carbocycles. The van der Waals surface area contributed by atoms with Crippen molar-refractivity contribution in [2.24, 2.45) is 0 Å². The average Bonchev–Trinajstić information content (AvgIpc) is 2.98. The molecule has 0 radical (unpaired) electrons. The fourth-order valence-electron chi connectivity index (χ4n) is 2.60. The number of para-hydroxylation sites is 2. The van der Waals surface area contributed by atoms with Gasteiger partial charge in [0.15, 0.2) is 0 Å². The van der Waals surface area contributed by atoms with Crippen LogP contribution in [0.1, 0.15) is 0 Å². The van der Waals surface area contributed by atoms with Gasteiger partial charge in [-0.2, -0.15) is 0 Å². The number of anilines is 1. The van der Waals surface area contributed by atoms with Gasteiger partial charge in [0, 0.05) is 12.3 Å². The van der Waals surface area contributed by atoms with E-state index >= 15 is 0 Å². The van der Waals surface area contributed by atoms with Crippen LogP contribution < -0.4 is 10.1 Å². The topological polar surface area (TPSA) is 86.4 Å². The monoisotopic (exact) mass is 325 g/mol. The first-order valence-electron chi connectivity index (χ1n) is 7.25. The number of carbonyl (C=O) groups is 1. The number of nitro benzene ring substituents is 1. The lowest BCUT2D eigenvalue weighted by Crippen LogP contribution is -2.18. The van der Waals surface area contributed by atoms with E-state index in [9.17, 15) is 14.9 Å². The van der Waals surface area contributed by atoms with Crippen molar-refractivity contribution >= 4 is 28.2 Å². The number of benzene rings is 2. The van der Waals surface area contributed by atoms with Gasteiger partial charge in [-0.05, 0) is 24.3 Å². The van der Waals surface area contributed by atoms with Crippen LogP contribution in [0.5, 0.6) is 5.75 Å². The van der Waals surface area contributed by atoms with Crippen molar-refractivity contribution in [2.75, 3.05) is 12.4 Å². The highest BCUT2D eigenvalue weighted by atomic mass is 16.6. The number of fused-ring (bicyclic) bond motifs is 1. The smallest absolute Gasteiger partial charge is 0.278 e. The minimum absolute atomic E-state index is 0.0244. The van der Waals surface area contributed by atoms with Crippen LogP contribution in [0, 0.1) is 10.1 Å². The zero-order chi connectivity index (χ0) is 17.1. The van der Waals surface area contributed by atoms with Gasteiger partial charge in [-0.1, -0.05) is 18.2 Å². The predicted molar refractivity (Wildman–Crippen MR) is 90.2 cm³/mol. The summed E-state index contributed by atoms with van der Waals surface area (Å²) in [5.74, 6) is 0.322. The maximum Gasteiger partial charge on any atom is 0.278 e. The van der Waals surface area contributed by atoms with E-state index in [1.165, 1.54) is 13.2 Å². The maximum atomic E-state index is 12.3. The van der Waals surface area contributed by atoms with E-state index < -0.39 is 4.92 Å². The minimum Gasteiger partial charge on any atom is -0.495 e. The molecule has 0 aliphatic heterocycles. The quantitative estimate of drug-likeness (QED) is 0.576. The second kappa shape index (κ2) is 6.41. The zero-order valence-corrected chi connectivity index (χ0v) is 12.9. The van der Waals surface area contributed by atoms with Gasteiger partial charge >= 0.3 is 0 Å². The van der Waals surface area contributed by atoms with Crippen LogP contribution in [0.15, 0.2) is 54.7 Å². The summed E-state index contributed by atoms with van der Waals surface area (Å²) in [6.07, 6.45) is 1.67. The van der Waals surface area contributed by atoms with E-state index in [1.807, 2.05) is 6.07 Å². The normalized spacial score (nSPS) is 10.5. The summed E-state index contributed by atoms with van der Waals surface area (Å²) in [4.78, 5) is 22.9. The molecule has 122 valence electrons. The number of carbonyl (C=O) groups excluding carboxylic acids is 1. The molecular formula is C17H15N3O4. The van der Waals surface area contributed by atoms with Gasteiger partial charge in [-0.15, -0.1) is 0 Å². The average molecular weight is 325 g/mol. The number of nitrogens with zero attached hydrogens (tertiary/aromatic N) is 2. The van der Waals surface area contributed by atoms with Gasteiger partial charge in [-0.3, -0.25) is 14.9 Å². The molecule has 3 aromatic rings. The van der Waals surface area contributed by atoms with Gasteiger partial charge in [-0.25, -0.2) is 0 Å². The van der Waals surface area contributed by atoms with Crippen molar-refractivity contribution in [3.05, 3.63) is 64.8 Å². The first kappa shape index (κ1) is 15.5. The number of rotatable bonds is 5. The van der Waals surface area contributed by atoms with Crippen LogP contribution in [-0.2, 0) is 11.3 Å². The summed E-state index contributed by atoms with van der Waals surface area (Å²) < 4.78 is 6.87. The third kappa shape index (κ3) is 2.91. The van der Waals surface area contributed by atoms with Crippen molar-refractivity contribution in [3.8, 4) is 5.75 Å². The Labute approximate surface area is 137 Å². The zero-order valence-electron chi connectivity index (χ0n) is 12.9. The molecule has 0 unspecified atom stereocenters. The molecule has 0 aliphatic carbocycles. The molecule has 0 bridgehead atoms. The number of non-ortho nitro benzene ring substituents is 1. The van der Waals surface area contributed by atoms with Gasteiger partial charge in [0.05, 0.1) is 28.6 Å².